The number of hydrazine groups is 1. The van der Waals surface area contributed by atoms with Crippen LogP contribution in [0.15, 0.2) is 48.5 Å². The fourth-order valence-corrected chi connectivity index (χ4v) is 2.37. The number of carbonyl (C=O) groups is 1. The highest BCUT2D eigenvalue weighted by Crippen LogP contribution is 2.17. The molecule has 5 heteroatoms. The molecule has 0 unspecified atom stereocenters. The summed E-state index contributed by atoms with van der Waals surface area (Å²) in [6, 6.07) is 15.2. The van der Waals surface area contributed by atoms with Gasteiger partial charge in [0, 0.05) is 23.7 Å². The van der Waals surface area contributed by atoms with Gasteiger partial charge in [-0.3, -0.25) is 15.1 Å². The number of hydrogen-bond acceptors (Lipinski definition) is 3. The molecule has 2 aromatic rings. The van der Waals surface area contributed by atoms with Crippen LogP contribution in [-0.2, 0) is 13.1 Å². The first-order chi connectivity index (χ1) is 10.1. The van der Waals surface area contributed by atoms with Crippen molar-refractivity contribution in [2.24, 2.45) is 5.84 Å². The number of nitrogens with two attached hydrogens (primary N) is 1. The summed E-state index contributed by atoms with van der Waals surface area (Å²) in [7, 11) is 2.01. The predicted octanol–water partition coefficient (Wildman–Crippen LogP) is 2.58. The zero-order valence-electron chi connectivity index (χ0n) is 11.8. The SMILES string of the molecule is CN(Cc1cccc(C(=O)NN)c1)Cc1ccccc1Cl. The molecule has 0 bridgehead atoms. The summed E-state index contributed by atoms with van der Waals surface area (Å²) < 4.78 is 0. The summed E-state index contributed by atoms with van der Waals surface area (Å²) in [4.78, 5) is 13.7. The summed E-state index contributed by atoms with van der Waals surface area (Å²) >= 11 is 6.16. The highest BCUT2D eigenvalue weighted by Gasteiger charge is 2.07. The Labute approximate surface area is 129 Å². The quantitative estimate of drug-likeness (QED) is 0.507. The molecule has 0 atom stereocenters. The van der Waals surface area contributed by atoms with E-state index >= 15 is 0 Å². The second kappa shape index (κ2) is 7.22. The monoisotopic (exact) mass is 303 g/mol. The van der Waals surface area contributed by atoms with Crippen molar-refractivity contribution in [3.05, 3.63) is 70.2 Å². The van der Waals surface area contributed by atoms with Crippen molar-refractivity contribution in [2.75, 3.05) is 7.05 Å². The molecule has 0 radical (unpaired) electrons. The van der Waals surface area contributed by atoms with Crippen molar-refractivity contribution in [3.8, 4) is 0 Å². The van der Waals surface area contributed by atoms with Crippen LogP contribution in [0.2, 0.25) is 5.02 Å². The third-order valence-electron chi connectivity index (χ3n) is 3.17. The minimum absolute atomic E-state index is 0.286. The number of benzene rings is 2. The Bertz CT molecular complexity index is 630. The Morgan fingerprint density at radius 1 is 1.19 bits per heavy atom. The Hall–Kier alpha value is -1.88. The second-order valence-electron chi connectivity index (χ2n) is 4.94. The van der Waals surface area contributed by atoms with Gasteiger partial charge in [-0.1, -0.05) is 41.9 Å². The van der Waals surface area contributed by atoms with E-state index < -0.39 is 0 Å². The van der Waals surface area contributed by atoms with E-state index in [1.807, 2.05) is 49.5 Å². The summed E-state index contributed by atoms with van der Waals surface area (Å²) in [5.74, 6) is 4.86. The van der Waals surface area contributed by atoms with Crippen molar-refractivity contribution in [3.63, 3.8) is 0 Å². The first-order valence-electron chi connectivity index (χ1n) is 6.62. The molecular formula is C16H18ClN3O. The summed E-state index contributed by atoms with van der Waals surface area (Å²) in [5, 5.41) is 0.764. The van der Waals surface area contributed by atoms with E-state index in [9.17, 15) is 4.79 Å². The van der Waals surface area contributed by atoms with E-state index in [1.165, 1.54) is 0 Å². The molecule has 0 fully saturated rings. The molecule has 3 N–H and O–H groups in total. The molecule has 0 aromatic heterocycles. The maximum Gasteiger partial charge on any atom is 0.265 e. The van der Waals surface area contributed by atoms with Crippen LogP contribution in [-0.4, -0.2) is 17.9 Å². The highest BCUT2D eigenvalue weighted by atomic mass is 35.5. The third-order valence-corrected chi connectivity index (χ3v) is 3.54. The van der Waals surface area contributed by atoms with Crippen LogP contribution >= 0.6 is 11.6 Å². The van der Waals surface area contributed by atoms with Gasteiger partial charge in [-0.05, 0) is 36.4 Å². The van der Waals surface area contributed by atoms with Gasteiger partial charge >= 0.3 is 0 Å². The van der Waals surface area contributed by atoms with Crippen molar-refractivity contribution in [2.45, 2.75) is 13.1 Å². The maximum atomic E-state index is 11.5. The average Bonchev–Trinajstić information content (AvgIpc) is 2.49. The number of amides is 1. The molecule has 0 heterocycles. The number of nitrogens with zero attached hydrogens (tertiary/aromatic N) is 1. The molecule has 0 saturated carbocycles. The summed E-state index contributed by atoms with van der Waals surface area (Å²) in [6.45, 7) is 1.46. The van der Waals surface area contributed by atoms with Gasteiger partial charge in [0.1, 0.15) is 0 Å². The van der Waals surface area contributed by atoms with Crippen LogP contribution in [0.1, 0.15) is 21.5 Å². The number of halogens is 1. The van der Waals surface area contributed by atoms with E-state index in [0.29, 0.717) is 5.56 Å². The van der Waals surface area contributed by atoms with Gasteiger partial charge in [0.25, 0.3) is 5.91 Å². The minimum atomic E-state index is -0.286. The highest BCUT2D eigenvalue weighted by molar-refractivity contribution is 6.31. The fraction of sp³-hybridized carbons (Fsp3) is 0.188. The summed E-state index contributed by atoms with van der Waals surface area (Å²) in [6.07, 6.45) is 0. The van der Waals surface area contributed by atoms with Gasteiger partial charge in [-0.2, -0.15) is 0 Å². The minimum Gasteiger partial charge on any atom is -0.298 e. The van der Waals surface area contributed by atoms with Crippen LogP contribution in [0.3, 0.4) is 0 Å². The molecule has 110 valence electrons. The lowest BCUT2D eigenvalue weighted by molar-refractivity contribution is 0.0953. The number of hydrogen-bond donors (Lipinski definition) is 2. The van der Waals surface area contributed by atoms with Gasteiger partial charge < -0.3 is 0 Å². The van der Waals surface area contributed by atoms with E-state index in [0.717, 1.165) is 29.2 Å². The lowest BCUT2D eigenvalue weighted by atomic mass is 10.1. The Balaban J connectivity index is 2.04. The lowest BCUT2D eigenvalue weighted by Gasteiger charge is -2.18. The Morgan fingerprint density at radius 3 is 2.67 bits per heavy atom. The molecule has 0 aliphatic carbocycles. The predicted molar refractivity (Wildman–Crippen MR) is 84.7 cm³/mol. The first-order valence-corrected chi connectivity index (χ1v) is 7.00. The Kier molecular flexibility index (Phi) is 5.33. The van der Waals surface area contributed by atoms with Crippen LogP contribution in [0.4, 0.5) is 0 Å². The van der Waals surface area contributed by atoms with Crippen LogP contribution < -0.4 is 11.3 Å². The van der Waals surface area contributed by atoms with Crippen molar-refractivity contribution in [1.29, 1.82) is 0 Å². The topological polar surface area (TPSA) is 58.4 Å². The van der Waals surface area contributed by atoms with E-state index in [-0.39, 0.29) is 5.91 Å². The number of nitrogen functional groups attached to an aromatic ring is 1. The molecule has 1 amide bonds. The fourth-order valence-electron chi connectivity index (χ4n) is 2.18. The first kappa shape index (κ1) is 15.5. The van der Waals surface area contributed by atoms with Crippen molar-refractivity contribution >= 4 is 17.5 Å². The molecule has 0 aliphatic heterocycles. The number of rotatable bonds is 5. The largest absolute Gasteiger partial charge is 0.298 e. The second-order valence-corrected chi connectivity index (χ2v) is 5.34. The Morgan fingerprint density at radius 2 is 1.95 bits per heavy atom. The number of nitrogens with one attached hydrogen (secondary N) is 1. The molecule has 2 aromatic carbocycles. The molecule has 0 aliphatic rings. The maximum absolute atomic E-state index is 11.5. The van der Waals surface area contributed by atoms with Crippen LogP contribution in [0.25, 0.3) is 0 Å². The standard InChI is InChI=1S/C16H18ClN3O/c1-20(11-14-6-2-3-8-15(14)17)10-12-5-4-7-13(9-12)16(21)19-18/h2-9H,10-11,18H2,1H3,(H,19,21). The average molecular weight is 304 g/mol. The zero-order valence-corrected chi connectivity index (χ0v) is 12.6. The van der Waals surface area contributed by atoms with E-state index in [4.69, 9.17) is 17.4 Å². The molecule has 4 nitrogen and oxygen atoms in total. The third kappa shape index (κ3) is 4.29. The molecule has 2 rings (SSSR count). The molecular weight excluding hydrogens is 286 g/mol. The smallest absolute Gasteiger partial charge is 0.265 e. The van der Waals surface area contributed by atoms with Crippen molar-refractivity contribution < 1.29 is 4.79 Å². The molecule has 0 saturated heterocycles. The normalized spacial score (nSPS) is 10.7. The van der Waals surface area contributed by atoms with Crippen molar-refractivity contribution in [1.82, 2.24) is 10.3 Å². The van der Waals surface area contributed by atoms with Gasteiger partial charge in [0.15, 0.2) is 0 Å². The summed E-state index contributed by atoms with van der Waals surface area (Å²) in [5.41, 5.74) is 4.82. The lowest BCUT2D eigenvalue weighted by Crippen LogP contribution is -2.30. The van der Waals surface area contributed by atoms with Gasteiger partial charge in [0.05, 0.1) is 0 Å². The molecule has 0 spiro atoms. The zero-order chi connectivity index (χ0) is 15.2. The van der Waals surface area contributed by atoms with Crippen LogP contribution in [0.5, 0.6) is 0 Å². The molecule has 21 heavy (non-hydrogen) atoms. The van der Waals surface area contributed by atoms with Gasteiger partial charge in [0.2, 0.25) is 0 Å². The van der Waals surface area contributed by atoms with Gasteiger partial charge in [-0.15, -0.1) is 0 Å². The number of carbonyl (C=O) groups excluding carboxylic acids is 1. The van der Waals surface area contributed by atoms with Gasteiger partial charge in [-0.25, -0.2) is 5.84 Å². The van der Waals surface area contributed by atoms with E-state index in [2.05, 4.69) is 10.3 Å². The van der Waals surface area contributed by atoms with Crippen LogP contribution in [0, 0.1) is 0 Å². The van der Waals surface area contributed by atoms with E-state index in [1.54, 1.807) is 6.07 Å².